The predicted molar refractivity (Wildman–Crippen MR) is 124 cm³/mol. The van der Waals surface area contributed by atoms with Crippen LogP contribution in [0, 0.1) is 0 Å². The number of methoxy groups -OCH3 is 1. The number of nitrogens with zero attached hydrogens (tertiary/aromatic N) is 3. The summed E-state index contributed by atoms with van der Waals surface area (Å²) in [6, 6.07) is 20.0. The lowest BCUT2D eigenvalue weighted by atomic mass is 10.0. The summed E-state index contributed by atoms with van der Waals surface area (Å²) in [6.07, 6.45) is 3.31. The first-order valence-corrected chi connectivity index (χ1v) is 10.8. The molecule has 0 saturated carbocycles. The zero-order valence-electron chi connectivity index (χ0n) is 18.0. The standard InChI is InChI=1S/C26H25N3O3/c1-31-25-7-3-2-6-23(25)19-8-9-24-21(15-19)16-22(32-24)18-28-11-13-29(14-12-28)26(30)20-5-4-10-27-17-20/h2-10,15-17H,11-14,18H2,1H3. The fourth-order valence-corrected chi connectivity index (χ4v) is 4.23. The molecular formula is C26H25N3O3. The third-order valence-corrected chi connectivity index (χ3v) is 5.93. The number of para-hydroxylation sites is 1. The molecule has 1 aliphatic rings. The Labute approximate surface area is 187 Å². The lowest BCUT2D eigenvalue weighted by molar-refractivity contribution is 0.0620. The van der Waals surface area contributed by atoms with Gasteiger partial charge in [-0.3, -0.25) is 14.7 Å². The summed E-state index contributed by atoms with van der Waals surface area (Å²) in [5.74, 6) is 1.84. The van der Waals surface area contributed by atoms with Crippen LogP contribution < -0.4 is 4.74 Å². The largest absolute Gasteiger partial charge is 0.496 e. The zero-order chi connectivity index (χ0) is 21.9. The van der Waals surface area contributed by atoms with Gasteiger partial charge in [-0.15, -0.1) is 0 Å². The first-order valence-electron chi connectivity index (χ1n) is 10.8. The number of carbonyl (C=O) groups excluding carboxylic acids is 1. The summed E-state index contributed by atoms with van der Waals surface area (Å²) >= 11 is 0. The minimum absolute atomic E-state index is 0.0466. The van der Waals surface area contributed by atoms with Crippen molar-refractivity contribution in [3.05, 3.63) is 84.4 Å². The lowest BCUT2D eigenvalue weighted by Gasteiger charge is -2.34. The summed E-state index contributed by atoms with van der Waals surface area (Å²) in [6.45, 7) is 3.76. The minimum Gasteiger partial charge on any atom is -0.496 e. The Morgan fingerprint density at radius 2 is 1.88 bits per heavy atom. The molecule has 0 aliphatic carbocycles. The molecule has 5 rings (SSSR count). The molecule has 2 aromatic heterocycles. The van der Waals surface area contributed by atoms with Gasteiger partial charge in [0.15, 0.2) is 0 Å². The molecule has 0 bridgehead atoms. The number of pyridine rings is 1. The SMILES string of the molecule is COc1ccccc1-c1ccc2oc(CN3CCN(C(=O)c4cccnc4)CC3)cc2c1. The molecule has 0 N–H and O–H groups in total. The van der Waals surface area contributed by atoms with E-state index < -0.39 is 0 Å². The average Bonchev–Trinajstić information content (AvgIpc) is 3.26. The van der Waals surface area contributed by atoms with Crippen molar-refractivity contribution in [1.29, 1.82) is 0 Å². The van der Waals surface area contributed by atoms with Crippen LogP contribution in [0.1, 0.15) is 16.1 Å². The normalized spacial score (nSPS) is 14.6. The van der Waals surface area contributed by atoms with Gasteiger partial charge in [-0.05, 0) is 42.0 Å². The number of hydrogen-bond acceptors (Lipinski definition) is 5. The molecule has 162 valence electrons. The number of aromatic nitrogens is 1. The summed E-state index contributed by atoms with van der Waals surface area (Å²) in [5, 5.41) is 1.08. The van der Waals surface area contributed by atoms with E-state index in [1.807, 2.05) is 35.2 Å². The zero-order valence-corrected chi connectivity index (χ0v) is 18.0. The smallest absolute Gasteiger partial charge is 0.255 e. The van der Waals surface area contributed by atoms with E-state index in [-0.39, 0.29) is 5.91 Å². The van der Waals surface area contributed by atoms with Crippen LogP contribution in [0.3, 0.4) is 0 Å². The quantitative estimate of drug-likeness (QED) is 0.471. The van der Waals surface area contributed by atoms with E-state index in [0.717, 1.165) is 53.2 Å². The monoisotopic (exact) mass is 427 g/mol. The first-order chi connectivity index (χ1) is 15.7. The number of fused-ring (bicyclic) bond motifs is 1. The molecular weight excluding hydrogens is 402 g/mol. The van der Waals surface area contributed by atoms with Crippen LogP contribution in [0.25, 0.3) is 22.1 Å². The molecule has 2 aromatic carbocycles. The van der Waals surface area contributed by atoms with E-state index in [0.29, 0.717) is 18.7 Å². The average molecular weight is 428 g/mol. The molecule has 0 atom stereocenters. The van der Waals surface area contributed by atoms with Crippen molar-refractivity contribution < 1.29 is 13.9 Å². The Bertz CT molecular complexity index is 1230. The van der Waals surface area contributed by atoms with Gasteiger partial charge in [0.25, 0.3) is 5.91 Å². The van der Waals surface area contributed by atoms with E-state index in [2.05, 4.69) is 34.1 Å². The number of piperazine rings is 1. The van der Waals surface area contributed by atoms with Crippen molar-refractivity contribution in [3.8, 4) is 16.9 Å². The van der Waals surface area contributed by atoms with Crippen LogP contribution in [0.4, 0.5) is 0 Å². The van der Waals surface area contributed by atoms with Gasteiger partial charge in [0.05, 0.1) is 19.2 Å². The fourth-order valence-electron chi connectivity index (χ4n) is 4.23. The second-order valence-electron chi connectivity index (χ2n) is 7.98. The maximum atomic E-state index is 12.6. The van der Waals surface area contributed by atoms with E-state index in [1.54, 1.807) is 25.6 Å². The van der Waals surface area contributed by atoms with E-state index in [9.17, 15) is 4.79 Å². The molecule has 6 nitrogen and oxygen atoms in total. The van der Waals surface area contributed by atoms with Crippen LogP contribution in [0.5, 0.6) is 5.75 Å². The molecule has 4 aromatic rings. The van der Waals surface area contributed by atoms with Gasteiger partial charge in [0.1, 0.15) is 17.1 Å². The number of benzene rings is 2. The van der Waals surface area contributed by atoms with Gasteiger partial charge >= 0.3 is 0 Å². The summed E-state index contributed by atoms with van der Waals surface area (Å²) < 4.78 is 11.6. The third-order valence-electron chi connectivity index (χ3n) is 5.93. The van der Waals surface area contributed by atoms with Crippen molar-refractivity contribution in [1.82, 2.24) is 14.8 Å². The van der Waals surface area contributed by atoms with Crippen LogP contribution in [0.15, 0.2) is 77.5 Å². The maximum Gasteiger partial charge on any atom is 0.255 e. The Kier molecular flexibility index (Phi) is 5.60. The van der Waals surface area contributed by atoms with Crippen molar-refractivity contribution in [2.24, 2.45) is 0 Å². The van der Waals surface area contributed by atoms with Gasteiger partial charge in [0, 0.05) is 49.5 Å². The lowest BCUT2D eigenvalue weighted by Crippen LogP contribution is -2.48. The first kappa shape index (κ1) is 20.3. The molecule has 1 amide bonds. The number of ether oxygens (including phenoxy) is 1. The number of hydrogen-bond donors (Lipinski definition) is 0. The van der Waals surface area contributed by atoms with Crippen molar-refractivity contribution in [3.63, 3.8) is 0 Å². The Hall–Kier alpha value is -3.64. The van der Waals surface area contributed by atoms with Gasteiger partial charge in [-0.25, -0.2) is 0 Å². The number of rotatable bonds is 5. The molecule has 0 radical (unpaired) electrons. The molecule has 1 aliphatic heterocycles. The van der Waals surface area contributed by atoms with Crippen molar-refractivity contribution >= 4 is 16.9 Å². The highest BCUT2D eigenvalue weighted by Crippen LogP contribution is 2.32. The Balaban J connectivity index is 1.26. The van der Waals surface area contributed by atoms with Gasteiger partial charge in [-0.2, -0.15) is 0 Å². The molecule has 0 spiro atoms. The highest BCUT2D eigenvalue weighted by atomic mass is 16.5. The molecule has 32 heavy (non-hydrogen) atoms. The fraction of sp³-hybridized carbons (Fsp3) is 0.231. The second kappa shape index (κ2) is 8.85. The summed E-state index contributed by atoms with van der Waals surface area (Å²) in [5.41, 5.74) is 3.69. The second-order valence-corrected chi connectivity index (χ2v) is 7.98. The van der Waals surface area contributed by atoms with Gasteiger partial charge < -0.3 is 14.1 Å². The van der Waals surface area contributed by atoms with Crippen LogP contribution in [-0.4, -0.2) is 54.0 Å². The number of amides is 1. The highest BCUT2D eigenvalue weighted by molar-refractivity contribution is 5.94. The van der Waals surface area contributed by atoms with E-state index in [1.165, 1.54) is 0 Å². The van der Waals surface area contributed by atoms with Crippen LogP contribution in [-0.2, 0) is 6.54 Å². The van der Waals surface area contributed by atoms with Crippen LogP contribution in [0.2, 0.25) is 0 Å². The summed E-state index contributed by atoms with van der Waals surface area (Å²) in [7, 11) is 1.69. The number of furan rings is 1. The highest BCUT2D eigenvalue weighted by Gasteiger charge is 2.23. The molecule has 0 unspecified atom stereocenters. The minimum atomic E-state index is 0.0466. The molecule has 3 heterocycles. The Morgan fingerprint density at radius 1 is 1.03 bits per heavy atom. The maximum absolute atomic E-state index is 12.6. The van der Waals surface area contributed by atoms with Gasteiger partial charge in [0.2, 0.25) is 0 Å². The topological polar surface area (TPSA) is 58.8 Å². The Morgan fingerprint density at radius 3 is 2.66 bits per heavy atom. The molecule has 1 saturated heterocycles. The van der Waals surface area contributed by atoms with Gasteiger partial charge in [-0.1, -0.05) is 24.3 Å². The predicted octanol–water partition coefficient (Wildman–Crippen LogP) is 4.46. The third kappa shape index (κ3) is 4.09. The summed E-state index contributed by atoms with van der Waals surface area (Å²) in [4.78, 5) is 20.9. The van der Waals surface area contributed by atoms with Crippen LogP contribution >= 0.6 is 0 Å². The van der Waals surface area contributed by atoms with Crippen molar-refractivity contribution in [2.45, 2.75) is 6.54 Å². The molecule has 6 heteroatoms. The number of carbonyl (C=O) groups is 1. The van der Waals surface area contributed by atoms with E-state index in [4.69, 9.17) is 9.15 Å². The van der Waals surface area contributed by atoms with Crippen molar-refractivity contribution in [2.75, 3.05) is 33.3 Å². The molecule has 1 fully saturated rings. The van der Waals surface area contributed by atoms with E-state index >= 15 is 0 Å².